The number of hydrazine groups is 1. The average Bonchev–Trinajstić information content (AvgIpc) is 3.34. The quantitative estimate of drug-likeness (QED) is 0.454. The van der Waals surface area contributed by atoms with Crippen molar-refractivity contribution >= 4 is 40.6 Å². The van der Waals surface area contributed by atoms with E-state index in [-0.39, 0.29) is 12.3 Å². The van der Waals surface area contributed by atoms with E-state index in [9.17, 15) is 14.4 Å². The van der Waals surface area contributed by atoms with Gasteiger partial charge in [0, 0.05) is 0 Å². The number of nitrogens with zero attached hydrogens (tertiary/aromatic N) is 2. The van der Waals surface area contributed by atoms with Crippen molar-refractivity contribution in [2.45, 2.75) is 12.3 Å². The molecule has 0 atom stereocenters. The molecule has 0 saturated carbocycles. The summed E-state index contributed by atoms with van der Waals surface area (Å²) in [5.41, 5.74) is 5.92. The smallest absolute Gasteiger partial charge is 0.326 e. The number of para-hydroxylation sites is 2. The lowest BCUT2D eigenvalue weighted by Crippen LogP contribution is -2.43. The highest BCUT2D eigenvalue weighted by molar-refractivity contribution is 7.97. The van der Waals surface area contributed by atoms with E-state index in [1.54, 1.807) is 22.4 Å². The minimum absolute atomic E-state index is 0.0469. The predicted octanol–water partition coefficient (Wildman–Crippen LogP) is 1.50. The van der Waals surface area contributed by atoms with Crippen molar-refractivity contribution in [2.75, 3.05) is 12.9 Å². The van der Waals surface area contributed by atoms with Crippen LogP contribution in [-0.2, 0) is 26.6 Å². The Morgan fingerprint density at radius 2 is 2.00 bits per heavy atom. The first kappa shape index (κ1) is 19.5. The van der Waals surface area contributed by atoms with Crippen LogP contribution in [0.2, 0.25) is 0 Å². The molecule has 0 aliphatic carbocycles. The summed E-state index contributed by atoms with van der Waals surface area (Å²) < 4.78 is 11.7. The standard InChI is InChI=1S/C18H18N4O5S/c1-28-11-15-19-12-5-2-3-6-13(12)22(15)9-17(24)27-10-16(23)20-21-18(25)14-7-4-8-26-14/h2-8H,9-11H2,1H3,(H,20,23)(H,21,25). The monoisotopic (exact) mass is 402 g/mol. The lowest BCUT2D eigenvalue weighted by atomic mass is 10.3. The number of hydrogen-bond acceptors (Lipinski definition) is 7. The van der Waals surface area contributed by atoms with E-state index < -0.39 is 24.4 Å². The van der Waals surface area contributed by atoms with E-state index in [0.29, 0.717) is 5.75 Å². The van der Waals surface area contributed by atoms with E-state index in [0.717, 1.165) is 16.9 Å². The second kappa shape index (κ2) is 9.09. The highest BCUT2D eigenvalue weighted by Gasteiger charge is 2.15. The van der Waals surface area contributed by atoms with E-state index in [4.69, 9.17) is 9.15 Å². The number of ether oxygens (including phenoxy) is 1. The highest BCUT2D eigenvalue weighted by Crippen LogP contribution is 2.19. The molecule has 0 aliphatic rings. The Morgan fingerprint density at radius 3 is 2.75 bits per heavy atom. The minimum atomic E-state index is -0.673. The second-order valence-corrected chi connectivity index (χ2v) is 6.54. The molecule has 0 saturated heterocycles. The SMILES string of the molecule is CSCc1nc2ccccc2n1CC(=O)OCC(=O)NNC(=O)c1ccco1. The van der Waals surface area contributed by atoms with Gasteiger partial charge in [0.25, 0.3) is 5.91 Å². The van der Waals surface area contributed by atoms with Crippen LogP contribution in [-0.4, -0.2) is 40.2 Å². The van der Waals surface area contributed by atoms with E-state index >= 15 is 0 Å². The number of carbonyl (C=O) groups excluding carboxylic acids is 3. The maximum Gasteiger partial charge on any atom is 0.326 e. The zero-order valence-corrected chi connectivity index (χ0v) is 15.8. The fraction of sp³-hybridized carbons (Fsp3) is 0.222. The third-order valence-electron chi connectivity index (χ3n) is 3.72. The van der Waals surface area contributed by atoms with Crippen LogP contribution in [0, 0.1) is 0 Å². The molecular formula is C18H18N4O5S. The molecule has 2 aromatic heterocycles. The Balaban J connectivity index is 1.53. The number of nitrogens with one attached hydrogen (secondary N) is 2. The molecule has 9 nitrogen and oxygen atoms in total. The number of imidazole rings is 1. The molecule has 0 radical (unpaired) electrons. The summed E-state index contributed by atoms with van der Waals surface area (Å²) in [6.07, 6.45) is 3.28. The van der Waals surface area contributed by atoms with Crippen LogP contribution in [0.1, 0.15) is 16.4 Å². The summed E-state index contributed by atoms with van der Waals surface area (Å²) in [5.74, 6) is -0.435. The van der Waals surface area contributed by atoms with Crippen LogP contribution in [0.25, 0.3) is 11.0 Å². The van der Waals surface area contributed by atoms with Crippen molar-refractivity contribution in [1.82, 2.24) is 20.4 Å². The zero-order valence-electron chi connectivity index (χ0n) is 15.0. The van der Waals surface area contributed by atoms with Crippen LogP contribution in [0.15, 0.2) is 47.1 Å². The number of hydrogen-bond donors (Lipinski definition) is 2. The van der Waals surface area contributed by atoms with Gasteiger partial charge in [0.15, 0.2) is 12.4 Å². The molecule has 2 amide bonds. The fourth-order valence-corrected chi connectivity index (χ4v) is 2.97. The Hall–Kier alpha value is -3.27. The lowest BCUT2D eigenvalue weighted by Gasteiger charge is -2.09. The van der Waals surface area contributed by atoms with Crippen LogP contribution >= 0.6 is 11.8 Å². The Morgan fingerprint density at radius 1 is 1.18 bits per heavy atom. The number of carbonyl (C=O) groups is 3. The fourth-order valence-electron chi connectivity index (χ4n) is 2.49. The first-order chi connectivity index (χ1) is 13.6. The van der Waals surface area contributed by atoms with E-state index in [1.807, 2.05) is 30.5 Å². The average molecular weight is 402 g/mol. The molecule has 0 bridgehead atoms. The van der Waals surface area contributed by atoms with Gasteiger partial charge in [-0.15, -0.1) is 0 Å². The number of furan rings is 1. The Kier molecular flexibility index (Phi) is 6.33. The first-order valence-electron chi connectivity index (χ1n) is 8.30. The highest BCUT2D eigenvalue weighted by atomic mass is 32.2. The number of aromatic nitrogens is 2. The molecule has 3 aromatic rings. The third kappa shape index (κ3) is 4.71. The summed E-state index contributed by atoms with van der Waals surface area (Å²) in [7, 11) is 0. The Bertz CT molecular complexity index is 983. The van der Waals surface area contributed by atoms with Crippen LogP contribution in [0.5, 0.6) is 0 Å². The molecule has 28 heavy (non-hydrogen) atoms. The number of benzene rings is 1. The van der Waals surface area contributed by atoms with Gasteiger partial charge in [-0.25, -0.2) is 4.98 Å². The maximum atomic E-state index is 12.2. The number of esters is 1. The van der Waals surface area contributed by atoms with Crippen molar-refractivity contribution in [3.05, 3.63) is 54.2 Å². The molecule has 0 spiro atoms. The summed E-state index contributed by atoms with van der Waals surface area (Å²) in [5, 5.41) is 0. The number of rotatable bonds is 7. The summed E-state index contributed by atoms with van der Waals surface area (Å²) in [4.78, 5) is 40.1. The van der Waals surface area contributed by atoms with Gasteiger partial charge in [-0.2, -0.15) is 11.8 Å². The maximum absolute atomic E-state index is 12.2. The summed E-state index contributed by atoms with van der Waals surface area (Å²) in [6.45, 7) is -0.593. The molecule has 3 rings (SSSR count). The van der Waals surface area contributed by atoms with Gasteiger partial charge in [0.05, 0.1) is 23.0 Å². The summed E-state index contributed by atoms with van der Waals surface area (Å²) >= 11 is 1.59. The normalized spacial score (nSPS) is 10.6. The third-order valence-corrected chi connectivity index (χ3v) is 4.27. The number of thioether (sulfide) groups is 1. The minimum Gasteiger partial charge on any atom is -0.459 e. The van der Waals surface area contributed by atoms with Crippen molar-refractivity contribution in [3.8, 4) is 0 Å². The second-order valence-electron chi connectivity index (χ2n) is 5.68. The topological polar surface area (TPSA) is 115 Å². The van der Waals surface area contributed by atoms with Gasteiger partial charge in [-0.05, 0) is 30.5 Å². The van der Waals surface area contributed by atoms with Crippen LogP contribution in [0.4, 0.5) is 0 Å². The molecule has 1 aromatic carbocycles. The largest absolute Gasteiger partial charge is 0.459 e. The van der Waals surface area contributed by atoms with Crippen molar-refractivity contribution in [3.63, 3.8) is 0 Å². The van der Waals surface area contributed by atoms with Crippen LogP contribution in [0.3, 0.4) is 0 Å². The zero-order chi connectivity index (χ0) is 19.9. The molecule has 2 N–H and O–H groups in total. The molecule has 146 valence electrons. The number of fused-ring (bicyclic) bond motifs is 1. The van der Waals surface area contributed by atoms with Gasteiger partial charge >= 0.3 is 11.9 Å². The molecule has 2 heterocycles. The molecule has 0 unspecified atom stereocenters. The predicted molar refractivity (Wildman–Crippen MR) is 102 cm³/mol. The van der Waals surface area contributed by atoms with Gasteiger partial charge in [0.2, 0.25) is 0 Å². The van der Waals surface area contributed by atoms with E-state index in [1.165, 1.54) is 12.3 Å². The summed E-state index contributed by atoms with van der Waals surface area (Å²) in [6, 6.07) is 10.5. The number of amides is 2. The Labute approximate surface area is 164 Å². The van der Waals surface area contributed by atoms with Gasteiger partial charge in [-0.3, -0.25) is 25.2 Å². The van der Waals surface area contributed by atoms with Gasteiger partial charge in [0.1, 0.15) is 12.4 Å². The van der Waals surface area contributed by atoms with Crippen molar-refractivity contribution in [2.24, 2.45) is 0 Å². The van der Waals surface area contributed by atoms with Gasteiger partial charge in [-0.1, -0.05) is 12.1 Å². The van der Waals surface area contributed by atoms with E-state index in [2.05, 4.69) is 15.8 Å². The van der Waals surface area contributed by atoms with Crippen molar-refractivity contribution < 1.29 is 23.5 Å². The lowest BCUT2D eigenvalue weighted by molar-refractivity contribution is -0.149. The molecule has 10 heteroatoms. The molecular weight excluding hydrogens is 384 g/mol. The molecule has 0 aliphatic heterocycles. The van der Waals surface area contributed by atoms with Crippen molar-refractivity contribution in [1.29, 1.82) is 0 Å². The van der Waals surface area contributed by atoms with Gasteiger partial charge < -0.3 is 13.7 Å². The molecule has 0 fully saturated rings. The van der Waals surface area contributed by atoms with Crippen LogP contribution < -0.4 is 10.9 Å². The first-order valence-corrected chi connectivity index (χ1v) is 9.69.